The molecule has 100 valence electrons. The third-order valence-corrected chi connectivity index (χ3v) is 3.20. The first-order valence-electron chi connectivity index (χ1n) is 5.82. The lowest BCUT2D eigenvalue weighted by Gasteiger charge is -2.14. The molecule has 6 heteroatoms. The van der Waals surface area contributed by atoms with E-state index in [2.05, 4.69) is 28.2 Å². The maximum atomic E-state index is 10.8. The number of nitrogens with one attached hydrogen (secondary N) is 1. The summed E-state index contributed by atoms with van der Waals surface area (Å²) in [5.41, 5.74) is 0.0202. The molecule has 1 atom stereocenters. The van der Waals surface area contributed by atoms with Crippen molar-refractivity contribution in [1.29, 1.82) is 0 Å². The van der Waals surface area contributed by atoms with Gasteiger partial charge in [-0.2, -0.15) is 0 Å². The van der Waals surface area contributed by atoms with E-state index in [1.54, 1.807) is 12.1 Å². The van der Waals surface area contributed by atoms with Crippen molar-refractivity contribution in [3.05, 3.63) is 32.8 Å². The van der Waals surface area contributed by atoms with E-state index in [-0.39, 0.29) is 5.69 Å². The molecule has 0 bridgehead atoms. The van der Waals surface area contributed by atoms with Gasteiger partial charge in [0.2, 0.25) is 0 Å². The monoisotopic (exact) mass is 316 g/mol. The van der Waals surface area contributed by atoms with E-state index in [0.717, 1.165) is 13.1 Å². The number of nitrogens with zero attached hydrogens (tertiary/aromatic N) is 1. The lowest BCUT2D eigenvalue weighted by Crippen LogP contribution is -2.24. The lowest BCUT2D eigenvalue weighted by atomic mass is 10.2. The molecule has 0 saturated heterocycles. The van der Waals surface area contributed by atoms with Gasteiger partial charge in [-0.3, -0.25) is 10.1 Å². The van der Waals surface area contributed by atoms with Crippen LogP contribution in [0.25, 0.3) is 0 Å². The number of ether oxygens (including phenoxy) is 1. The summed E-state index contributed by atoms with van der Waals surface area (Å²) < 4.78 is 5.99. The van der Waals surface area contributed by atoms with Crippen LogP contribution in [-0.2, 0) is 0 Å². The summed E-state index contributed by atoms with van der Waals surface area (Å²) in [5.74, 6) is 0.851. The largest absolute Gasteiger partial charge is 0.492 e. The number of halogens is 1. The third kappa shape index (κ3) is 4.27. The summed E-state index contributed by atoms with van der Waals surface area (Å²) >= 11 is 3.20. The van der Waals surface area contributed by atoms with Crippen molar-refractivity contribution in [2.24, 2.45) is 5.92 Å². The fourth-order valence-corrected chi connectivity index (χ4v) is 1.96. The third-order valence-electron chi connectivity index (χ3n) is 2.41. The molecule has 0 fully saturated rings. The molecular weight excluding hydrogens is 300 g/mol. The molecule has 5 nitrogen and oxygen atoms in total. The first kappa shape index (κ1) is 14.9. The van der Waals surface area contributed by atoms with E-state index in [0.29, 0.717) is 22.7 Å². The Labute approximate surface area is 115 Å². The molecule has 0 spiro atoms. The fourth-order valence-electron chi connectivity index (χ4n) is 1.43. The van der Waals surface area contributed by atoms with Crippen LogP contribution in [0.4, 0.5) is 5.69 Å². The predicted molar refractivity (Wildman–Crippen MR) is 74.0 cm³/mol. The minimum absolute atomic E-state index is 0.0202. The number of nitro benzene ring substituents is 1. The van der Waals surface area contributed by atoms with Gasteiger partial charge in [0.1, 0.15) is 10.2 Å². The maximum Gasteiger partial charge on any atom is 0.287 e. The van der Waals surface area contributed by atoms with E-state index in [9.17, 15) is 10.1 Å². The van der Waals surface area contributed by atoms with Crippen LogP contribution in [0.15, 0.2) is 22.7 Å². The van der Waals surface area contributed by atoms with Gasteiger partial charge in [-0.1, -0.05) is 19.9 Å². The van der Waals surface area contributed by atoms with Crippen molar-refractivity contribution in [2.75, 3.05) is 19.7 Å². The molecule has 1 aromatic carbocycles. The Hall–Kier alpha value is -1.14. The summed E-state index contributed by atoms with van der Waals surface area (Å²) in [6.45, 7) is 6.42. The summed E-state index contributed by atoms with van der Waals surface area (Å²) in [4.78, 5) is 10.3. The molecule has 0 aliphatic rings. The second-order valence-corrected chi connectivity index (χ2v) is 4.86. The van der Waals surface area contributed by atoms with Crippen LogP contribution in [0.1, 0.15) is 13.8 Å². The van der Waals surface area contributed by atoms with Gasteiger partial charge in [0, 0.05) is 18.5 Å². The predicted octanol–water partition coefficient (Wildman–Crippen LogP) is 2.98. The highest BCUT2D eigenvalue weighted by atomic mass is 79.9. The van der Waals surface area contributed by atoms with Crippen molar-refractivity contribution in [3.63, 3.8) is 0 Å². The van der Waals surface area contributed by atoms with Crippen LogP contribution in [0.2, 0.25) is 0 Å². The highest BCUT2D eigenvalue weighted by molar-refractivity contribution is 9.10. The van der Waals surface area contributed by atoms with Crippen molar-refractivity contribution >= 4 is 21.6 Å². The van der Waals surface area contributed by atoms with Crippen LogP contribution in [0.5, 0.6) is 5.75 Å². The second kappa shape index (κ2) is 7.33. The van der Waals surface area contributed by atoms with Crippen LogP contribution < -0.4 is 10.1 Å². The minimum atomic E-state index is -0.432. The van der Waals surface area contributed by atoms with Gasteiger partial charge in [0.15, 0.2) is 0 Å². The second-order valence-electron chi connectivity index (χ2n) is 4.07. The Morgan fingerprint density at radius 2 is 2.28 bits per heavy atom. The van der Waals surface area contributed by atoms with E-state index >= 15 is 0 Å². The number of hydrogen-bond donors (Lipinski definition) is 1. The fraction of sp³-hybridized carbons (Fsp3) is 0.500. The standard InChI is InChI=1S/C12H17BrN2O3/c1-3-14-7-9(2)8-18-11-6-4-5-10(12(11)13)15(16)17/h4-6,9,14H,3,7-8H2,1-2H3. The first-order valence-corrected chi connectivity index (χ1v) is 6.62. The maximum absolute atomic E-state index is 10.8. The van der Waals surface area contributed by atoms with Gasteiger partial charge in [-0.05, 0) is 28.5 Å². The van der Waals surface area contributed by atoms with E-state index in [4.69, 9.17) is 4.74 Å². The molecule has 1 N–H and O–H groups in total. The van der Waals surface area contributed by atoms with Gasteiger partial charge in [-0.15, -0.1) is 0 Å². The summed E-state index contributed by atoms with van der Waals surface area (Å²) in [6.07, 6.45) is 0. The Morgan fingerprint density at radius 3 is 2.89 bits per heavy atom. The number of nitro groups is 1. The van der Waals surface area contributed by atoms with Gasteiger partial charge in [0.25, 0.3) is 5.69 Å². The summed E-state index contributed by atoms with van der Waals surface area (Å²) in [6, 6.07) is 4.78. The van der Waals surface area contributed by atoms with Crippen molar-refractivity contribution < 1.29 is 9.66 Å². The Kier molecular flexibility index (Phi) is 6.07. The van der Waals surface area contributed by atoms with Crippen molar-refractivity contribution in [3.8, 4) is 5.75 Å². The zero-order valence-electron chi connectivity index (χ0n) is 10.5. The number of benzene rings is 1. The topological polar surface area (TPSA) is 64.4 Å². The SMILES string of the molecule is CCNCC(C)COc1cccc([N+](=O)[O-])c1Br. The van der Waals surface area contributed by atoms with Crippen molar-refractivity contribution in [2.45, 2.75) is 13.8 Å². The van der Waals surface area contributed by atoms with Gasteiger partial charge < -0.3 is 10.1 Å². The highest BCUT2D eigenvalue weighted by Crippen LogP contribution is 2.33. The quantitative estimate of drug-likeness (QED) is 0.620. The average Bonchev–Trinajstić information content (AvgIpc) is 2.34. The van der Waals surface area contributed by atoms with Crippen LogP contribution in [0, 0.1) is 16.0 Å². The molecule has 1 unspecified atom stereocenters. The van der Waals surface area contributed by atoms with Gasteiger partial charge in [0.05, 0.1) is 11.5 Å². The Bertz CT molecular complexity index is 412. The van der Waals surface area contributed by atoms with E-state index in [1.165, 1.54) is 6.07 Å². The number of rotatable bonds is 7. The molecule has 0 amide bonds. The molecule has 18 heavy (non-hydrogen) atoms. The first-order chi connectivity index (χ1) is 8.56. The summed E-state index contributed by atoms with van der Waals surface area (Å²) in [7, 11) is 0. The molecule has 0 heterocycles. The molecule has 1 rings (SSSR count). The molecule has 0 radical (unpaired) electrons. The van der Waals surface area contributed by atoms with E-state index < -0.39 is 4.92 Å². The average molecular weight is 317 g/mol. The van der Waals surface area contributed by atoms with Crippen molar-refractivity contribution in [1.82, 2.24) is 5.32 Å². The minimum Gasteiger partial charge on any atom is -0.492 e. The summed E-state index contributed by atoms with van der Waals surface area (Å²) in [5, 5.41) is 14.0. The molecular formula is C12H17BrN2O3. The van der Waals surface area contributed by atoms with Gasteiger partial charge >= 0.3 is 0 Å². The van der Waals surface area contributed by atoms with Crippen LogP contribution >= 0.6 is 15.9 Å². The zero-order chi connectivity index (χ0) is 13.5. The normalized spacial score (nSPS) is 12.2. The Balaban J connectivity index is 2.62. The zero-order valence-corrected chi connectivity index (χ0v) is 12.1. The molecule has 0 aliphatic heterocycles. The highest BCUT2D eigenvalue weighted by Gasteiger charge is 2.16. The van der Waals surface area contributed by atoms with Crippen LogP contribution in [0.3, 0.4) is 0 Å². The smallest absolute Gasteiger partial charge is 0.287 e. The lowest BCUT2D eigenvalue weighted by molar-refractivity contribution is -0.385. The molecule has 0 saturated carbocycles. The Morgan fingerprint density at radius 1 is 1.56 bits per heavy atom. The molecule has 1 aromatic rings. The van der Waals surface area contributed by atoms with E-state index in [1.807, 2.05) is 6.92 Å². The van der Waals surface area contributed by atoms with Gasteiger partial charge in [-0.25, -0.2) is 0 Å². The van der Waals surface area contributed by atoms with Crippen LogP contribution in [-0.4, -0.2) is 24.6 Å². The molecule has 0 aliphatic carbocycles. The molecule has 0 aromatic heterocycles. The number of hydrogen-bond acceptors (Lipinski definition) is 4.